The largest absolute Gasteiger partial charge is 0.416 e. The third-order valence-corrected chi connectivity index (χ3v) is 4.22. The molecule has 1 aromatic heterocycles. The van der Waals surface area contributed by atoms with Crippen LogP contribution in [0.5, 0.6) is 0 Å². The average Bonchev–Trinajstić information content (AvgIpc) is 2.94. The summed E-state index contributed by atoms with van der Waals surface area (Å²) in [6, 6.07) is 3.64. The Kier molecular flexibility index (Phi) is 3.37. The van der Waals surface area contributed by atoms with Crippen LogP contribution in [0, 0.1) is 4.77 Å². The fourth-order valence-electron chi connectivity index (χ4n) is 2.79. The molecule has 1 atom stereocenters. The van der Waals surface area contributed by atoms with Crippen LogP contribution in [0.2, 0.25) is 0 Å². The fraction of sp³-hybridized carbons (Fsp3) is 0.500. The van der Waals surface area contributed by atoms with Gasteiger partial charge in [0.15, 0.2) is 4.77 Å². The van der Waals surface area contributed by atoms with Crippen molar-refractivity contribution < 1.29 is 17.9 Å². The molecule has 1 N–H and O–H groups in total. The Balaban J connectivity index is 2.04. The van der Waals surface area contributed by atoms with Crippen molar-refractivity contribution in [3.05, 3.63) is 28.5 Å². The van der Waals surface area contributed by atoms with Gasteiger partial charge in [0, 0.05) is 6.61 Å². The van der Waals surface area contributed by atoms with Gasteiger partial charge in [0.25, 0.3) is 0 Å². The second-order valence-electron chi connectivity index (χ2n) is 5.65. The monoisotopic (exact) mass is 316 g/mol. The summed E-state index contributed by atoms with van der Waals surface area (Å²) in [5.41, 5.74) is 0.0821. The van der Waals surface area contributed by atoms with Gasteiger partial charge in [0.2, 0.25) is 0 Å². The van der Waals surface area contributed by atoms with Gasteiger partial charge >= 0.3 is 6.18 Å². The molecule has 1 aromatic carbocycles. The number of fused-ring (bicyclic) bond motifs is 1. The molecule has 0 radical (unpaired) electrons. The van der Waals surface area contributed by atoms with Crippen LogP contribution >= 0.6 is 12.2 Å². The van der Waals surface area contributed by atoms with Gasteiger partial charge in [0.1, 0.15) is 0 Å². The lowest BCUT2D eigenvalue weighted by atomic mass is 10.0. The molecule has 114 valence electrons. The zero-order valence-corrected chi connectivity index (χ0v) is 12.3. The van der Waals surface area contributed by atoms with E-state index in [1.54, 1.807) is 0 Å². The number of rotatable bonds is 2. The summed E-state index contributed by atoms with van der Waals surface area (Å²) in [7, 11) is 0. The second-order valence-corrected chi connectivity index (χ2v) is 6.03. The van der Waals surface area contributed by atoms with Gasteiger partial charge in [-0.25, -0.2) is 0 Å². The van der Waals surface area contributed by atoms with Crippen molar-refractivity contribution in [2.24, 2.45) is 0 Å². The quantitative estimate of drug-likeness (QED) is 0.838. The Morgan fingerprint density at radius 3 is 2.81 bits per heavy atom. The molecule has 1 saturated heterocycles. The first-order valence-electron chi connectivity index (χ1n) is 6.72. The lowest BCUT2D eigenvalue weighted by molar-refractivity contribution is -0.137. The first-order chi connectivity index (χ1) is 9.78. The first-order valence-corrected chi connectivity index (χ1v) is 7.13. The van der Waals surface area contributed by atoms with Crippen LogP contribution in [0.3, 0.4) is 0 Å². The standard InChI is InChI=1S/C14H15F3N2OS/c1-13(5-2-6-20-13)8-19-11-4-3-9(14(15,16)17)7-10(11)18-12(19)21/h3-4,7H,2,5-6,8H2,1H3,(H,18,21). The van der Waals surface area contributed by atoms with Crippen molar-refractivity contribution >= 4 is 23.3 Å². The van der Waals surface area contributed by atoms with Gasteiger partial charge in [-0.2, -0.15) is 13.2 Å². The number of aromatic amines is 1. The zero-order valence-electron chi connectivity index (χ0n) is 11.5. The molecule has 0 amide bonds. The SMILES string of the molecule is CC1(Cn2c(=S)[nH]c3cc(C(F)(F)F)ccc32)CCCO1. The minimum absolute atomic E-state index is 0.309. The third-order valence-electron chi connectivity index (χ3n) is 3.89. The highest BCUT2D eigenvalue weighted by Gasteiger charge is 2.32. The lowest BCUT2D eigenvalue weighted by Gasteiger charge is -2.24. The molecule has 0 saturated carbocycles. The highest BCUT2D eigenvalue weighted by molar-refractivity contribution is 7.71. The van der Waals surface area contributed by atoms with Crippen LogP contribution in [0.25, 0.3) is 11.0 Å². The summed E-state index contributed by atoms with van der Waals surface area (Å²) < 4.78 is 46.2. The highest BCUT2D eigenvalue weighted by atomic mass is 32.1. The maximum absolute atomic E-state index is 12.7. The van der Waals surface area contributed by atoms with Crippen molar-refractivity contribution in [3.63, 3.8) is 0 Å². The van der Waals surface area contributed by atoms with Gasteiger partial charge in [-0.05, 0) is 50.2 Å². The minimum Gasteiger partial charge on any atom is -0.373 e. The molecule has 7 heteroatoms. The highest BCUT2D eigenvalue weighted by Crippen LogP contribution is 2.32. The molecule has 3 nitrogen and oxygen atoms in total. The smallest absolute Gasteiger partial charge is 0.373 e. The normalized spacial score (nSPS) is 23.0. The molecule has 1 fully saturated rings. The van der Waals surface area contributed by atoms with Crippen molar-refractivity contribution in [1.29, 1.82) is 0 Å². The number of imidazole rings is 1. The molecule has 2 heterocycles. The molecular formula is C14H15F3N2OS. The van der Waals surface area contributed by atoms with Crippen molar-refractivity contribution in [2.45, 2.75) is 38.1 Å². The number of halogens is 3. The minimum atomic E-state index is -4.35. The molecule has 2 aromatic rings. The van der Waals surface area contributed by atoms with Gasteiger partial charge in [-0.1, -0.05) is 0 Å². The number of ether oxygens (including phenoxy) is 1. The van der Waals surface area contributed by atoms with Crippen molar-refractivity contribution in [1.82, 2.24) is 9.55 Å². The molecule has 21 heavy (non-hydrogen) atoms. The maximum Gasteiger partial charge on any atom is 0.416 e. The summed E-state index contributed by atoms with van der Waals surface area (Å²) in [5.74, 6) is 0. The second kappa shape index (κ2) is 4.84. The molecule has 3 rings (SSSR count). The number of H-pyrrole nitrogens is 1. The van der Waals surface area contributed by atoms with Crippen molar-refractivity contribution in [2.75, 3.05) is 6.61 Å². The molecular weight excluding hydrogens is 301 g/mol. The summed E-state index contributed by atoms with van der Waals surface area (Å²) in [6.45, 7) is 3.26. The molecule has 0 bridgehead atoms. The third kappa shape index (κ3) is 2.72. The van der Waals surface area contributed by atoms with E-state index in [9.17, 15) is 13.2 Å². The Morgan fingerprint density at radius 2 is 2.19 bits per heavy atom. The van der Waals surface area contributed by atoms with Gasteiger partial charge in [-0.15, -0.1) is 0 Å². The van der Waals surface area contributed by atoms with Crippen LogP contribution < -0.4 is 0 Å². The predicted molar refractivity (Wildman–Crippen MR) is 75.7 cm³/mol. The Hall–Kier alpha value is -1.34. The molecule has 1 aliphatic rings. The van der Waals surface area contributed by atoms with Gasteiger partial charge < -0.3 is 14.3 Å². The van der Waals surface area contributed by atoms with Gasteiger partial charge in [0.05, 0.1) is 28.7 Å². The molecule has 0 spiro atoms. The van der Waals surface area contributed by atoms with E-state index in [4.69, 9.17) is 17.0 Å². The maximum atomic E-state index is 12.7. The number of hydrogen-bond acceptors (Lipinski definition) is 2. The summed E-state index contributed by atoms with van der Waals surface area (Å²) >= 11 is 5.24. The fourth-order valence-corrected chi connectivity index (χ4v) is 3.07. The van der Waals surface area contributed by atoms with Crippen LogP contribution in [0.1, 0.15) is 25.3 Å². The van der Waals surface area contributed by atoms with Gasteiger partial charge in [-0.3, -0.25) is 0 Å². The van der Waals surface area contributed by atoms with Crippen LogP contribution in [-0.2, 0) is 17.5 Å². The topological polar surface area (TPSA) is 29.9 Å². The molecule has 1 unspecified atom stereocenters. The zero-order chi connectivity index (χ0) is 15.3. The summed E-state index contributed by atoms with van der Waals surface area (Å²) in [4.78, 5) is 2.85. The predicted octanol–water partition coefficient (Wildman–Crippen LogP) is 4.29. The lowest BCUT2D eigenvalue weighted by Crippen LogP contribution is -2.29. The average molecular weight is 316 g/mol. The van der Waals surface area contributed by atoms with Crippen LogP contribution in [0.4, 0.5) is 13.2 Å². The van der Waals surface area contributed by atoms with E-state index in [-0.39, 0.29) is 5.60 Å². The number of nitrogens with zero attached hydrogens (tertiary/aromatic N) is 1. The number of hydrogen-bond donors (Lipinski definition) is 1. The van der Waals surface area contributed by atoms with Crippen LogP contribution in [-0.4, -0.2) is 21.8 Å². The van der Waals surface area contributed by atoms with E-state index >= 15 is 0 Å². The Labute approximate surface area is 124 Å². The van der Waals surface area contributed by atoms with E-state index in [1.165, 1.54) is 6.07 Å². The summed E-state index contributed by atoms with van der Waals surface area (Å²) in [5, 5.41) is 0. The molecule has 0 aliphatic carbocycles. The number of benzene rings is 1. The van der Waals surface area contributed by atoms with E-state index in [1.807, 2.05) is 11.5 Å². The van der Waals surface area contributed by atoms with E-state index in [0.717, 1.165) is 25.0 Å². The molecule has 1 aliphatic heterocycles. The Bertz CT molecular complexity index is 726. The van der Waals surface area contributed by atoms with Crippen molar-refractivity contribution in [3.8, 4) is 0 Å². The van der Waals surface area contributed by atoms with Crippen LogP contribution in [0.15, 0.2) is 18.2 Å². The Morgan fingerprint density at radius 1 is 1.43 bits per heavy atom. The van der Waals surface area contributed by atoms with E-state index in [0.29, 0.717) is 29.0 Å². The van der Waals surface area contributed by atoms with E-state index < -0.39 is 11.7 Å². The number of alkyl halides is 3. The number of aromatic nitrogens is 2. The first kappa shape index (κ1) is 14.6. The van der Waals surface area contributed by atoms with E-state index in [2.05, 4.69) is 4.98 Å². The summed E-state index contributed by atoms with van der Waals surface area (Å²) in [6.07, 6.45) is -2.45. The number of nitrogens with one attached hydrogen (secondary N) is 1.